The van der Waals surface area contributed by atoms with Gasteiger partial charge in [-0.25, -0.2) is 4.79 Å². The summed E-state index contributed by atoms with van der Waals surface area (Å²) in [6.45, 7) is 12.0. The van der Waals surface area contributed by atoms with Crippen molar-refractivity contribution in [2.75, 3.05) is 26.9 Å². The standard InChI is InChI=1S/C22H25N5O3S.C5H10O2.C3H7NO/c1-14-17-18(28)26(22(2,3)4)21(29)25(13-10-15-8-6-7-9-16(15)30-5)20(17)31-19(14)27-23-11-12-24-27;6-5-1-3-7-4-2-5;1-2-4-3-5/h6-9,11-12H,10,13H2,1-5H3;5-6H,1-4H2;3H,2H2,1H3,(H,4,5). The van der Waals surface area contributed by atoms with Gasteiger partial charge in [0.1, 0.15) is 15.6 Å². The van der Waals surface area contributed by atoms with Gasteiger partial charge in [-0.1, -0.05) is 29.5 Å². The zero-order valence-corrected chi connectivity index (χ0v) is 26.5. The number of carbonyl (C=O) groups is 1. The lowest BCUT2D eigenvalue weighted by molar-refractivity contribution is -0.109. The highest BCUT2D eigenvalue weighted by atomic mass is 32.1. The van der Waals surface area contributed by atoms with Crippen LogP contribution in [0, 0.1) is 6.92 Å². The number of hydrogen-bond acceptors (Lipinski definition) is 9. The van der Waals surface area contributed by atoms with Crippen molar-refractivity contribution in [3.8, 4) is 10.8 Å². The molecule has 12 nitrogen and oxygen atoms in total. The maximum absolute atomic E-state index is 13.5. The molecule has 0 saturated carbocycles. The Hall–Kier alpha value is -3.81. The van der Waals surface area contributed by atoms with Crippen LogP contribution in [-0.4, -0.2) is 68.6 Å². The Morgan fingerprint density at radius 1 is 1.16 bits per heavy atom. The molecular formula is C30H42N6O6S. The van der Waals surface area contributed by atoms with E-state index in [0.717, 1.165) is 54.5 Å². The molecular weight excluding hydrogens is 572 g/mol. The van der Waals surface area contributed by atoms with E-state index in [9.17, 15) is 14.4 Å². The predicted octanol–water partition coefficient (Wildman–Crippen LogP) is 3.03. The van der Waals surface area contributed by atoms with Gasteiger partial charge in [0.25, 0.3) is 5.56 Å². The largest absolute Gasteiger partial charge is 0.496 e. The van der Waals surface area contributed by atoms with Crippen LogP contribution in [0.3, 0.4) is 0 Å². The molecule has 4 aromatic rings. The summed E-state index contributed by atoms with van der Waals surface area (Å²) in [6.07, 6.45) is 6.00. The van der Waals surface area contributed by atoms with E-state index < -0.39 is 5.54 Å². The van der Waals surface area contributed by atoms with E-state index in [-0.39, 0.29) is 17.4 Å². The summed E-state index contributed by atoms with van der Waals surface area (Å²) < 4.78 is 13.5. The molecule has 0 spiro atoms. The van der Waals surface area contributed by atoms with Crippen LogP contribution in [0.2, 0.25) is 0 Å². The summed E-state index contributed by atoms with van der Waals surface area (Å²) >= 11 is 1.36. The fourth-order valence-electron chi connectivity index (χ4n) is 4.55. The molecule has 1 amide bonds. The highest BCUT2D eigenvalue weighted by molar-refractivity contribution is 7.21. The molecule has 3 aromatic heterocycles. The van der Waals surface area contributed by atoms with Crippen molar-refractivity contribution in [2.45, 2.75) is 72.1 Å². The summed E-state index contributed by atoms with van der Waals surface area (Å²) in [5.74, 6) is 0.778. The molecule has 0 atom stereocenters. The average Bonchev–Trinajstić information content (AvgIpc) is 3.62. The van der Waals surface area contributed by atoms with Gasteiger partial charge >= 0.3 is 5.69 Å². The van der Waals surface area contributed by atoms with Crippen molar-refractivity contribution in [1.29, 1.82) is 0 Å². The Balaban J connectivity index is 0.000000352. The normalized spacial score (nSPS) is 13.5. The number of fused-ring (bicyclic) bond motifs is 1. The average molecular weight is 615 g/mol. The SMILES string of the molecule is CCNC=O.COc1ccccc1CCn1c(=O)n(C(C)(C)C)c(=O)c2c(C)c(-n3nccn3)sc21.OC1CCOCC1. The van der Waals surface area contributed by atoms with Crippen molar-refractivity contribution < 1.29 is 19.4 Å². The second-order valence-corrected chi connectivity index (χ2v) is 11.8. The van der Waals surface area contributed by atoms with Gasteiger partial charge in [-0.05, 0) is 65.5 Å². The Labute approximate surface area is 254 Å². The molecule has 2 N–H and O–H groups in total. The first-order valence-electron chi connectivity index (χ1n) is 14.3. The number of aliphatic hydroxyl groups excluding tert-OH is 1. The Kier molecular flexibility index (Phi) is 12.2. The van der Waals surface area contributed by atoms with Crippen LogP contribution in [-0.2, 0) is 28.0 Å². The number of nitrogens with one attached hydrogen (secondary N) is 1. The summed E-state index contributed by atoms with van der Waals surface area (Å²) in [4.78, 5) is 38.3. The first kappa shape index (κ1) is 33.7. The number of methoxy groups -OCH3 is 1. The lowest BCUT2D eigenvalue weighted by Crippen LogP contribution is -2.47. The number of aromatic nitrogens is 5. The van der Waals surface area contributed by atoms with Crippen LogP contribution >= 0.6 is 11.3 Å². The molecule has 0 radical (unpaired) electrons. The van der Waals surface area contributed by atoms with Crippen molar-refractivity contribution in [3.05, 3.63) is 68.6 Å². The zero-order chi connectivity index (χ0) is 31.6. The number of para-hydroxylation sites is 1. The van der Waals surface area contributed by atoms with E-state index in [1.165, 1.54) is 20.7 Å². The molecule has 13 heteroatoms. The van der Waals surface area contributed by atoms with E-state index in [4.69, 9.17) is 14.6 Å². The van der Waals surface area contributed by atoms with Gasteiger partial charge in [-0.2, -0.15) is 10.2 Å². The van der Waals surface area contributed by atoms with Crippen LogP contribution in [0.5, 0.6) is 5.75 Å². The van der Waals surface area contributed by atoms with E-state index in [1.807, 2.05) is 58.9 Å². The van der Waals surface area contributed by atoms with Crippen molar-refractivity contribution in [3.63, 3.8) is 0 Å². The lowest BCUT2D eigenvalue weighted by Gasteiger charge is -2.23. The first-order valence-corrected chi connectivity index (χ1v) is 15.1. The van der Waals surface area contributed by atoms with E-state index in [2.05, 4.69) is 15.5 Å². The van der Waals surface area contributed by atoms with E-state index >= 15 is 0 Å². The monoisotopic (exact) mass is 614 g/mol. The molecule has 0 aliphatic carbocycles. The predicted molar refractivity (Wildman–Crippen MR) is 167 cm³/mol. The summed E-state index contributed by atoms with van der Waals surface area (Å²) in [7, 11) is 1.63. The minimum absolute atomic E-state index is 0.0891. The molecule has 4 heterocycles. The van der Waals surface area contributed by atoms with Crippen LogP contribution in [0.1, 0.15) is 51.7 Å². The van der Waals surface area contributed by atoms with Gasteiger partial charge in [0, 0.05) is 37.4 Å². The fraction of sp³-hybridized carbons (Fsp3) is 0.500. The number of rotatable bonds is 7. The minimum Gasteiger partial charge on any atom is -0.496 e. The highest BCUT2D eigenvalue weighted by Crippen LogP contribution is 2.31. The lowest BCUT2D eigenvalue weighted by atomic mass is 10.1. The summed E-state index contributed by atoms with van der Waals surface area (Å²) in [5.41, 5.74) is 0.507. The number of carbonyl (C=O) groups excluding carboxylic acids is 1. The van der Waals surface area contributed by atoms with E-state index in [0.29, 0.717) is 29.6 Å². The number of ether oxygens (including phenoxy) is 2. The number of aryl methyl sites for hydroxylation is 3. The van der Waals surface area contributed by atoms with Crippen LogP contribution in [0.4, 0.5) is 0 Å². The van der Waals surface area contributed by atoms with Gasteiger partial charge < -0.3 is 19.9 Å². The third kappa shape index (κ3) is 8.39. The van der Waals surface area contributed by atoms with Gasteiger partial charge in [-0.15, -0.1) is 4.80 Å². The molecule has 0 bridgehead atoms. The van der Waals surface area contributed by atoms with Crippen LogP contribution < -0.4 is 21.3 Å². The number of hydrogen-bond donors (Lipinski definition) is 2. The zero-order valence-electron chi connectivity index (χ0n) is 25.7. The van der Waals surface area contributed by atoms with Crippen LogP contribution in [0.15, 0.2) is 46.2 Å². The molecule has 0 unspecified atom stereocenters. The maximum atomic E-state index is 13.5. The fourth-order valence-corrected chi connectivity index (χ4v) is 5.78. The number of thiophene rings is 1. The minimum atomic E-state index is -0.660. The molecule has 43 heavy (non-hydrogen) atoms. The Morgan fingerprint density at radius 3 is 2.33 bits per heavy atom. The molecule has 234 valence electrons. The third-order valence-corrected chi connectivity index (χ3v) is 8.01. The molecule has 1 aliphatic rings. The second-order valence-electron chi connectivity index (χ2n) is 10.9. The summed E-state index contributed by atoms with van der Waals surface area (Å²) in [6, 6.07) is 7.75. The van der Waals surface area contributed by atoms with Gasteiger partial charge in [-0.3, -0.25) is 18.7 Å². The Morgan fingerprint density at radius 2 is 1.81 bits per heavy atom. The third-order valence-electron chi connectivity index (χ3n) is 6.73. The van der Waals surface area contributed by atoms with Crippen molar-refractivity contribution in [1.82, 2.24) is 29.4 Å². The molecule has 1 fully saturated rings. The second kappa shape index (κ2) is 15.6. The molecule has 1 aliphatic heterocycles. The quantitative estimate of drug-likeness (QED) is 0.303. The Bertz CT molecular complexity index is 1580. The van der Waals surface area contributed by atoms with Crippen LogP contribution in [0.25, 0.3) is 15.2 Å². The summed E-state index contributed by atoms with van der Waals surface area (Å²) in [5, 5.41) is 21.0. The van der Waals surface area contributed by atoms with Gasteiger partial charge in [0.15, 0.2) is 0 Å². The van der Waals surface area contributed by atoms with Gasteiger partial charge in [0.2, 0.25) is 6.41 Å². The number of benzene rings is 1. The van der Waals surface area contributed by atoms with Gasteiger partial charge in [0.05, 0.1) is 31.0 Å². The van der Waals surface area contributed by atoms with Crippen molar-refractivity contribution in [2.24, 2.45) is 0 Å². The van der Waals surface area contributed by atoms with Crippen molar-refractivity contribution >= 4 is 28.0 Å². The number of aliphatic hydroxyl groups is 1. The molecule has 1 aromatic carbocycles. The molecule has 5 rings (SSSR count). The smallest absolute Gasteiger partial charge is 0.332 e. The molecule has 1 saturated heterocycles. The number of amides is 1. The van der Waals surface area contributed by atoms with E-state index in [1.54, 1.807) is 24.1 Å². The highest BCUT2D eigenvalue weighted by Gasteiger charge is 2.26. The number of nitrogens with zero attached hydrogens (tertiary/aromatic N) is 5. The maximum Gasteiger partial charge on any atom is 0.332 e. The first-order chi connectivity index (χ1) is 20.5. The topological polar surface area (TPSA) is 142 Å².